The van der Waals surface area contributed by atoms with Crippen LogP contribution in [0.25, 0.3) is 0 Å². The second kappa shape index (κ2) is 5.46. The van der Waals surface area contributed by atoms with E-state index in [0.29, 0.717) is 18.0 Å². The van der Waals surface area contributed by atoms with Crippen molar-refractivity contribution in [3.05, 3.63) is 34.9 Å². The van der Waals surface area contributed by atoms with Crippen LogP contribution in [0.2, 0.25) is 5.02 Å². The lowest BCUT2D eigenvalue weighted by molar-refractivity contribution is -0.123. The van der Waals surface area contributed by atoms with Crippen molar-refractivity contribution in [2.75, 3.05) is 0 Å². The van der Waals surface area contributed by atoms with Gasteiger partial charge in [0.15, 0.2) is 0 Å². The second-order valence-corrected chi connectivity index (χ2v) is 4.40. The molecular formula is C11H15ClN4O. The first-order valence-electron chi connectivity index (χ1n) is 5.44. The molecule has 0 saturated carbocycles. The minimum atomic E-state index is -0.285. The fraction of sp³-hybridized carbons (Fsp3) is 0.364. The van der Waals surface area contributed by atoms with Crippen LogP contribution < -0.4 is 21.9 Å². The summed E-state index contributed by atoms with van der Waals surface area (Å²) in [6, 6.07) is 7.14. The number of hydrogen-bond acceptors (Lipinski definition) is 4. The molecular weight excluding hydrogens is 240 g/mol. The third kappa shape index (κ3) is 3.17. The molecule has 17 heavy (non-hydrogen) atoms. The Balaban J connectivity index is 1.86. The van der Waals surface area contributed by atoms with Gasteiger partial charge in [-0.3, -0.25) is 4.79 Å². The van der Waals surface area contributed by atoms with Crippen LogP contribution in [-0.2, 0) is 11.3 Å². The maximum atomic E-state index is 11.8. The topological polar surface area (TPSA) is 79.2 Å². The molecule has 1 aromatic rings. The molecule has 0 aromatic heterocycles. The van der Waals surface area contributed by atoms with Crippen molar-refractivity contribution in [3.63, 3.8) is 0 Å². The zero-order valence-electron chi connectivity index (χ0n) is 9.24. The van der Waals surface area contributed by atoms with Gasteiger partial charge in [-0.2, -0.15) is 0 Å². The fourth-order valence-electron chi connectivity index (χ4n) is 1.70. The monoisotopic (exact) mass is 254 g/mol. The molecule has 1 heterocycles. The van der Waals surface area contributed by atoms with Gasteiger partial charge in [-0.15, -0.1) is 0 Å². The number of carbonyl (C=O) groups is 1. The summed E-state index contributed by atoms with van der Waals surface area (Å²) in [5.74, 6) is -0.0784. The van der Waals surface area contributed by atoms with Crippen LogP contribution >= 0.6 is 11.6 Å². The summed E-state index contributed by atoms with van der Waals surface area (Å²) >= 11 is 5.99. The van der Waals surface area contributed by atoms with Crippen molar-refractivity contribution >= 4 is 17.5 Å². The lowest BCUT2D eigenvalue weighted by Crippen LogP contribution is -2.43. The largest absolute Gasteiger partial charge is 0.351 e. The Morgan fingerprint density at radius 1 is 1.47 bits per heavy atom. The van der Waals surface area contributed by atoms with E-state index in [9.17, 15) is 4.79 Å². The normalized spacial score (nSPS) is 23.6. The fourth-order valence-corrected chi connectivity index (χ4v) is 1.90. The molecule has 2 atom stereocenters. The van der Waals surface area contributed by atoms with Gasteiger partial charge in [0.2, 0.25) is 5.91 Å². The molecule has 92 valence electrons. The average molecular weight is 255 g/mol. The Kier molecular flexibility index (Phi) is 3.96. The van der Waals surface area contributed by atoms with E-state index in [0.717, 1.165) is 5.56 Å². The van der Waals surface area contributed by atoms with Crippen molar-refractivity contribution in [1.82, 2.24) is 16.2 Å². The summed E-state index contributed by atoms with van der Waals surface area (Å²) in [7, 11) is 0. The van der Waals surface area contributed by atoms with Gasteiger partial charge in [0.1, 0.15) is 6.04 Å². The molecule has 5 N–H and O–H groups in total. The molecule has 0 aliphatic carbocycles. The molecule has 1 amide bonds. The highest BCUT2D eigenvalue weighted by Crippen LogP contribution is 2.14. The zero-order chi connectivity index (χ0) is 12.3. The smallest absolute Gasteiger partial charge is 0.238 e. The van der Waals surface area contributed by atoms with Crippen LogP contribution in [0.1, 0.15) is 12.0 Å². The lowest BCUT2D eigenvalue weighted by atomic mass is 10.2. The summed E-state index contributed by atoms with van der Waals surface area (Å²) in [6.07, 6.45) is 0.403. The van der Waals surface area contributed by atoms with Gasteiger partial charge in [-0.25, -0.2) is 10.9 Å². The predicted molar refractivity (Wildman–Crippen MR) is 66.0 cm³/mol. The molecule has 0 spiro atoms. The Morgan fingerprint density at radius 2 is 2.24 bits per heavy atom. The molecule has 0 radical (unpaired) electrons. The highest BCUT2D eigenvalue weighted by Gasteiger charge is 2.26. The first-order chi connectivity index (χ1) is 8.16. The van der Waals surface area contributed by atoms with Crippen LogP contribution in [0.3, 0.4) is 0 Å². The van der Waals surface area contributed by atoms with Crippen molar-refractivity contribution < 1.29 is 4.79 Å². The summed E-state index contributed by atoms with van der Waals surface area (Å²) in [4.78, 5) is 11.8. The first-order valence-corrected chi connectivity index (χ1v) is 5.82. The predicted octanol–water partition coefficient (Wildman–Crippen LogP) is 0.107. The highest BCUT2D eigenvalue weighted by atomic mass is 35.5. The van der Waals surface area contributed by atoms with Crippen LogP contribution in [0.5, 0.6) is 0 Å². The molecule has 1 aliphatic rings. The van der Waals surface area contributed by atoms with Gasteiger partial charge in [-0.1, -0.05) is 29.8 Å². The Hall–Kier alpha value is -1.14. The maximum absolute atomic E-state index is 11.8. The van der Waals surface area contributed by atoms with Gasteiger partial charge >= 0.3 is 0 Å². The van der Waals surface area contributed by atoms with E-state index in [-0.39, 0.29) is 18.1 Å². The van der Waals surface area contributed by atoms with Crippen LogP contribution in [0, 0.1) is 0 Å². The second-order valence-electron chi connectivity index (χ2n) is 3.99. The minimum absolute atomic E-state index is 0.0784. The Morgan fingerprint density at radius 3 is 2.88 bits per heavy atom. The zero-order valence-corrected chi connectivity index (χ0v) is 10.00. The van der Waals surface area contributed by atoms with Crippen molar-refractivity contribution in [3.8, 4) is 0 Å². The molecule has 0 bridgehead atoms. The van der Waals surface area contributed by atoms with E-state index >= 15 is 0 Å². The average Bonchev–Trinajstić information content (AvgIpc) is 2.74. The van der Waals surface area contributed by atoms with Gasteiger partial charge in [0, 0.05) is 18.0 Å². The number of carbonyl (C=O) groups excluding carboxylic acids is 1. The van der Waals surface area contributed by atoms with E-state index < -0.39 is 0 Å². The van der Waals surface area contributed by atoms with Crippen LogP contribution in [0.4, 0.5) is 0 Å². The minimum Gasteiger partial charge on any atom is -0.351 e. The van der Waals surface area contributed by atoms with Crippen LogP contribution in [0.15, 0.2) is 24.3 Å². The number of amides is 1. The molecule has 2 unspecified atom stereocenters. The van der Waals surface area contributed by atoms with E-state index in [1.807, 2.05) is 18.2 Å². The van der Waals surface area contributed by atoms with E-state index in [1.165, 1.54) is 0 Å². The molecule has 1 fully saturated rings. The lowest BCUT2D eigenvalue weighted by Gasteiger charge is -2.11. The summed E-state index contributed by atoms with van der Waals surface area (Å²) in [5, 5.41) is 3.48. The van der Waals surface area contributed by atoms with Gasteiger partial charge in [0.25, 0.3) is 0 Å². The molecule has 1 aliphatic heterocycles. The van der Waals surface area contributed by atoms with E-state index in [4.69, 9.17) is 17.3 Å². The molecule has 1 saturated heterocycles. The summed E-state index contributed by atoms with van der Waals surface area (Å²) in [6.45, 7) is 0.423. The summed E-state index contributed by atoms with van der Waals surface area (Å²) < 4.78 is 0. The van der Waals surface area contributed by atoms with Gasteiger partial charge < -0.3 is 11.1 Å². The third-order valence-corrected chi connectivity index (χ3v) is 3.03. The maximum Gasteiger partial charge on any atom is 0.238 e. The van der Waals surface area contributed by atoms with Crippen molar-refractivity contribution in [1.29, 1.82) is 0 Å². The number of benzene rings is 1. The number of nitrogens with one attached hydrogen (secondary N) is 3. The van der Waals surface area contributed by atoms with Crippen molar-refractivity contribution in [2.24, 2.45) is 5.73 Å². The number of hydrogen-bond donors (Lipinski definition) is 4. The third-order valence-electron chi connectivity index (χ3n) is 2.66. The molecule has 6 heteroatoms. The van der Waals surface area contributed by atoms with Crippen LogP contribution in [-0.4, -0.2) is 18.1 Å². The number of halogens is 1. The highest BCUT2D eigenvalue weighted by molar-refractivity contribution is 6.31. The molecule has 2 rings (SSSR count). The standard InChI is InChI=1S/C11H15ClN4O/c12-8-4-2-1-3-7(8)6-14-11(17)9-5-10(13)16-15-9/h1-4,9-10,15-16H,5-6,13H2,(H,14,17). The van der Waals surface area contributed by atoms with Crippen molar-refractivity contribution in [2.45, 2.75) is 25.2 Å². The number of hydrazine groups is 1. The van der Waals surface area contributed by atoms with Gasteiger partial charge in [-0.05, 0) is 11.6 Å². The first kappa shape index (κ1) is 12.3. The number of nitrogens with two attached hydrogens (primary N) is 1. The molecule has 5 nitrogen and oxygen atoms in total. The Bertz CT molecular complexity index is 412. The SMILES string of the molecule is NC1CC(C(=O)NCc2ccccc2Cl)NN1. The Labute approximate surface area is 105 Å². The number of rotatable bonds is 3. The van der Waals surface area contributed by atoms with E-state index in [2.05, 4.69) is 16.2 Å². The molecule has 1 aromatic carbocycles. The van der Waals surface area contributed by atoms with Gasteiger partial charge in [0.05, 0.1) is 6.17 Å². The van der Waals surface area contributed by atoms with E-state index in [1.54, 1.807) is 6.07 Å². The summed E-state index contributed by atoms with van der Waals surface area (Å²) in [5.41, 5.74) is 12.2. The quantitative estimate of drug-likeness (QED) is 0.617.